The van der Waals surface area contributed by atoms with E-state index < -0.39 is 53.9 Å². The predicted molar refractivity (Wildman–Crippen MR) is 149 cm³/mol. The number of ether oxygens (including phenoxy) is 1. The number of nitrogens with zero attached hydrogens (tertiary/aromatic N) is 2. The SMILES string of the molecule is C[C@]12CC=C3C=C4C(O)C(O)[C@@H](N5C[C@H](O)[C@@H](O)C5)C(O)[C@]45CCC3(O5)[C@@H]1C[C@@H](O)[C@@H]2c1ccc2ccncc2c1. The second-order valence-corrected chi connectivity index (χ2v) is 13.6. The zero-order chi connectivity index (χ0) is 28.5. The minimum absolute atomic E-state index is 0.0261. The van der Waals surface area contributed by atoms with Crippen molar-refractivity contribution in [3.8, 4) is 0 Å². The van der Waals surface area contributed by atoms with Crippen molar-refractivity contribution in [2.75, 3.05) is 13.1 Å². The van der Waals surface area contributed by atoms with Crippen LogP contribution in [0.1, 0.15) is 44.1 Å². The molecule has 9 nitrogen and oxygen atoms in total. The summed E-state index contributed by atoms with van der Waals surface area (Å²) in [5, 5.41) is 68.7. The average molecular weight is 563 g/mol. The van der Waals surface area contributed by atoms with Crippen LogP contribution in [0.4, 0.5) is 0 Å². The molecule has 2 aromatic rings. The highest BCUT2D eigenvalue weighted by atomic mass is 16.5. The van der Waals surface area contributed by atoms with Gasteiger partial charge in [0.05, 0.1) is 30.0 Å². The maximum absolute atomic E-state index is 11.9. The lowest BCUT2D eigenvalue weighted by Gasteiger charge is -2.57. The molecule has 2 saturated heterocycles. The lowest BCUT2D eigenvalue weighted by molar-refractivity contribution is -0.215. The van der Waals surface area contributed by atoms with Gasteiger partial charge >= 0.3 is 0 Å². The second kappa shape index (κ2) is 8.67. The molecule has 6 aliphatic rings. The normalized spacial score (nSPS) is 48.9. The maximum Gasteiger partial charge on any atom is 0.121 e. The molecule has 4 unspecified atom stereocenters. The van der Waals surface area contributed by atoms with Crippen LogP contribution in [0.3, 0.4) is 0 Å². The number of hydrogen-bond donors (Lipinski definition) is 6. The van der Waals surface area contributed by atoms with E-state index in [1.165, 1.54) is 0 Å². The number of aliphatic hydroxyl groups is 6. The van der Waals surface area contributed by atoms with Gasteiger partial charge in [0.1, 0.15) is 23.9 Å². The van der Waals surface area contributed by atoms with Gasteiger partial charge in [-0.3, -0.25) is 9.88 Å². The highest BCUT2D eigenvalue weighted by Gasteiger charge is 2.72. The third-order valence-corrected chi connectivity index (χ3v) is 11.7. The zero-order valence-electron chi connectivity index (χ0n) is 23.0. The fourth-order valence-electron chi connectivity index (χ4n) is 9.83. The summed E-state index contributed by atoms with van der Waals surface area (Å²) in [7, 11) is 0. The molecule has 0 radical (unpaired) electrons. The van der Waals surface area contributed by atoms with E-state index in [0.717, 1.165) is 28.3 Å². The minimum atomic E-state index is -1.30. The summed E-state index contributed by atoms with van der Waals surface area (Å²) < 4.78 is 7.11. The van der Waals surface area contributed by atoms with Crippen LogP contribution in [0.2, 0.25) is 0 Å². The molecule has 3 aliphatic carbocycles. The average Bonchev–Trinajstić information content (AvgIpc) is 3.56. The molecule has 6 N–H and O–H groups in total. The molecule has 0 amide bonds. The van der Waals surface area contributed by atoms with Crippen LogP contribution in [0, 0.1) is 11.3 Å². The van der Waals surface area contributed by atoms with Gasteiger partial charge in [-0.25, -0.2) is 0 Å². The first kappa shape index (κ1) is 26.4. The Balaban J connectivity index is 1.19. The van der Waals surface area contributed by atoms with E-state index in [1.54, 1.807) is 11.1 Å². The number of hydrogen-bond acceptors (Lipinski definition) is 9. The lowest BCUT2D eigenvalue weighted by atomic mass is 9.58. The molecule has 3 aliphatic heterocycles. The molecule has 41 heavy (non-hydrogen) atoms. The number of aliphatic hydroxyl groups excluding tert-OH is 6. The van der Waals surface area contributed by atoms with Crippen LogP contribution in [0.25, 0.3) is 10.8 Å². The highest BCUT2D eigenvalue weighted by molar-refractivity contribution is 5.82. The van der Waals surface area contributed by atoms with Crippen molar-refractivity contribution < 1.29 is 35.4 Å². The number of pyridine rings is 1. The van der Waals surface area contributed by atoms with Gasteiger partial charge in [0, 0.05) is 42.7 Å². The number of rotatable bonds is 2. The van der Waals surface area contributed by atoms with Gasteiger partial charge in [-0.1, -0.05) is 31.2 Å². The van der Waals surface area contributed by atoms with E-state index >= 15 is 0 Å². The van der Waals surface area contributed by atoms with Crippen molar-refractivity contribution in [2.24, 2.45) is 11.3 Å². The molecular weight excluding hydrogens is 524 g/mol. The fraction of sp³-hybridized carbons (Fsp3) is 0.594. The molecule has 2 spiro atoms. The molecule has 8 rings (SSSR count). The van der Waals surface area contributed by atoms with Crippen molar-refractivity contribution in [1.29, 1.82) is 0 Å². The first-order valence-electron chi connectivity index (χ1n) is 14.9. The van der Waals surface area contributed by atoms with Gasteiger partial charge in [0.15, 0.2) is 0 Å². The first-order chi connectivity index (χ1) is 19.6. The fourth-order valence-corrected chi connectivity index (χ4v) is 9.83. The molecule has 1 aromatic heterocycles. The van der Waals surface area contributed by atoms with Gasteiger partial charge < -0.3 is 35.4 Å². The largest absolute Gasteiger partial charge is 0.392 e. The molecule has 9 heteroatoms. The van der Waals surface area contributed by atoms with Crippen LogP contribution in [0.5, 0.6) is 0 Å². The molecule has 2 bridgehead atoms. The van der Waals surface area contributed by atoms with E-state index in [0.29, 0.717) is 24.8 Å². The zero-order valence-corrected chi connectivity index (χ0v) is 23.0. The van der Waals surface area contributed by atoms with E-state index in [1.807, 2.05) is 18.3 Å². The third kappa shape index (κ3) is 3.32. The van der Waals surface area contributed by atoms with Gasteiger partial charge in [-0.15, -0.1) is 0 Å². The predicted octanol–water partition coefficient (Wildman–Crippen LogP) is 0.766. The monoisotopic (exact) mass is 562 g/mol. The summed E-state index contributed by atoms with van der Waals surface area (Å²) in [6.07, 6.45) is 3.86. The minimum Gasteiger partial charge on any atom is -0.392 e. The Bertz CT molecular complexity index is 1470. The Morgan fingerprint density at radius 1 is 0.927 bits per heavy atom. The topological polar surface area (TPSA) is 147 Å². The lowest BCUT2D eigenvalue weighted by Crippen LogP contribution is -2.70. The molecular formula is C32H38N2O7. The Morgan fingerprint density at radius 3 is 2.46 bits per heavy atom. The van der Waals surface area contributed by atoms with Gasteiger partial charge in [-0.2, -0.15) is 0 Å². The van der Waals surface area contributed by atoms with Crippen molar-refractivity contribution in [1.82, 2.24) is 9.88 Å². The summed E-state index contributed by atoms with van der Waals surface area (Å²) in [6, 6.07) is 7.42. The maximum atomic E-state index is 11.9. The van der Waals surface area contributed by atoms with E-state index in [2.05, 4.69) is 36.2 Å². The molecule has 218 valence electrons. The van der Waals surface area contributed by atoms with Gasteiger partial charge in [-0.05, 0) is 65.3 Å². The molecule has 4 fully saturated rings. The number of likely N-dealkylation sites (tertiary alicyclic amines) is 1. The molecule has 4 heterocycles. The summed E-state index contributed by atoms with van der Waals surface area (Å²) in [6.45, 7) is 2.43. The number of allylic oxidation sites excluding steroid dienone is 1. The number of benzene rings is 1. The Morgan fingerprint density at radius 2 is 1.68 bits per heavy atom. The van der Waals surface area contributed by atoms with Gasteiger partial charge in [0.25, 0.3) is 0 Å². The van der Waals surface area contributed by atoms with Crippen LogP contribution in [0.15, 0.2) is 60.0 Å². The van der Waals surface area contributed by atoms with Crippen LogP contribution < -0.4 is 0 Å². The second-order valence-electron chi connectivity index (χ2n) is 13.6. The van der Waals surface area contributed by atoms with Crippen molar-refractivity contribution in [3.63, 3.8) is 0 Å². The Hall–Kier alpha value is -2.21. The van der Waals surface area contributed by atoms with Crippen molar-refractivity contribution in [2.45, 2.75) is 92.4 Å². The number of β-amino-alcohol motifs (C(OH)–C–C–N with tert-alkyl or cyclic N) is 2. The smallest absolute Gasteiger partial charge is 0.121 e. The summed E-state index contributed by atoms with van der Waals surface area (Å²) in [4.78, 5) is 5.96. The summed E-state index contributed by atoms with van der Waals surface area (Å²) in [5.41, 5.74) is 0.294. The Kier molecular flexibility index (Phi) is 5.59. The highest BCUT2D eigenvalue weighted by Crippen LogP contribution is 2.69. The Labute approximate surface area is 238 Å². The third-order valence-electron chi connectivity index (χ3n) is 11.7. The number of aromatic nitrogens is 1. The molecule has 1 aromatic carbocycles. The standard InChI is InChI=1S/C32H38N2O7/c1-30-6-4-19-11-20-27(38)28(39)26(34-14-22(36)23(37)15-34)29(40)32(20)8-7-31(19,41-32)24(30)12-21(35)25(30)17-3-2-16-5-9-33-13-18(16)10-17/h2-5,9-11,13,21-29,35-40H,6-8,12,14-15H2,1H3/t21-,22+,23+,24-,25+,26-,27?,28?,29?,30+,31?,32+/m1/s1. The van der Waals surface area contributed by atoms with Crippen molar-refractivity contribution in [3.05, 3.63) is 65.5 Å². The summed E-state index contributed by atoms with van der Waals surface area (Å²) in [5.74, 6) is -0.138. The first-order valence-corrected chi connectivity index (χ1v) is 14.9. The van der Waals surface area contributed by atoms with Crippen LogP contribution >= 0.6 is 0 Å². The van der Waals surface area contributed by atoms with E-state index in [9.17, 15) is 30.6 Å². The molecule has 12 atom stereocenters. The van der Waals surface area contributed by atoms with Crippen LogP contribution in [-0.2, 0) is 4.74 Å². The van der Waals surface area contributed by atoms with E-state index in [-0.39, 0.29) is 30.3 Å². The van der Waals surface area contributed by atoms with E-state index in [4.69, 9.17) is 4.74 Å². The van der Waals surface area contributed by atoms with Crippen molar-refractivity contribution >= 4 is 10.8 Å². The number of fused-ring (bicyclic) bond motifs is 2. The molecule has 2 saturated carbocycles. The van der Waals surface area contributed by atoms with Crippen LogP contribution in [-0.4, -0.2) is 107 Å². The quantitative estimate of drug-likeness (QED) is 0.312. The van der Waals surface area contributed by atoms with Gasteiger partial charge in [0.2, 0.25) is 0 Å². The summed E-state index contributed by atoms with van der Waals surface area (Å²) >= 11 is 0.